The highest BCUT2D eigenvalue weighted by Gasteiger charge is 2.17. The van der Waals surface area contributed by atoms with Gasteiger partial charge in [0.25, 0.3) is 5.91 Å². The third kappa shape index (κ3) is 4.13. The molecule has 0 aliphatic heterocycles. The van der Waals surface area contributed by atoms with Crippen molar-refractivity contribution in [2.45, 2.75) is 20.0 Å². The lowest BCUT2D eigenvalue weighted by Crippen LogP contribution is -2.30. The van der Waals surface area contributed by atoms with Crippen molar-refractivity contribution in [2.75, 3.05) is 5.32 Å². The summed E-state index contributed by atoms with van der Waals surface area (Å²) in [5.74, 6) is 0.194. The number of carbonyl (C=O) groups excluding carboxylic acids is 1. The number of carbonyl (C=O) groups is 1. The topological polar surface area (TPSA) is 38.3 Å². The van der Waals surface area contributed by atoms with Crippen molar-refractivity contribution in [3.63, 3.8) is 0 Å². The minimum Gasteiger partial charge on any atom is -0.479 e. The summed E-state index contributed by atoms with van der Waals surface area (Å²) in [6.07, 6.45) is -0.678. The summed E-state index contributed by atoms with van der Waals surface area (Å²) in [5, 5.41) is 3.72. The van der Waals surface area contributed by atoms with Crippen molar-refractivity contribution >= 4 is 34.8 Å². The molecule has 2 rings (SSSR count). The van der Waals surface area contributed by atoms with Crippen LogP contribution in [0.3, 0.4) is 0 Å². The van der Waals surface area contributed by atoms with Gasteiger partial charge in [-0.3, -0.25) is 4.79 Å². The Labute approximate surface area is 133 Å². The maximum Gasteiger partial charge on any atom is 0.265 e. The molecule has 3 nitrogen and oxygen atoms in total. The number of anilines is 1. The number of benzene rings is 2. The van der Waals surface area contributed by atoms with Gasteiger partial charge >= 0.3 is 0 Å². The molecule has 0 radical (unpaired) electrons. The number of amides is 1. The van der Waals surface area contributed by atoms with E-state index in [1.54, 1.807) is 19.1 Å². The molecule has 0 saturated carbocycles. The Morgan fingerprint density at radius 2 is 1.81 bits per heavy atom. The normalized spacial score (nSPS) is 11.8. The van der Waals surface area contributed by atoms with Gasteiger partial charge in [0.2, 0.25) is 0 Å². The van der Waals surface area contributed by atoms with Crippen molar-refractivity contribution in [3.8, 4) is 5.75 Å². The first-order valence-electron chi connectivity index (χ1n) is 6.45. The average molecular weight is 324 g/mol. The first-order valence-corrected chi connectivity index (χ1v) is 7.21. The van der Waals surface area contributed by atoms with E-state index in [9.17, 15) is 4.79 Å². The van der Waals surface area contributed by atoms with Crippen LogP contribution in [0.5, 0.6) is 5.75 Å². The van der Waals surface area contributed by atoms with Crippen LogP contribution in [0.15, 0.2) is 42.5 Å². The zero-order valence-electron chi connectivity index (χ0n) is 11.7. The Balaban J connectivity index is 2.06. The van der Waals surface area contributed by atoms with Crippen LogP contribution < -0.4 is 10.1 Å². The van der Waals surface area contributed by atoms with E-state index in [0.29, 0.717) is 15.8 Å². The first kappa shape index (κ1) is 15.7. The monoisotopic (exact) mass is 323 g/mol. The predicted molar refractivity (Wildman–Crippen MR) is 86.4 cm³/mol. The molecule has 0 heterocycles. The van der Waals surface area contributed by atoms with Crippen LogP contribution in [-0.2, 0) is 4.79 Å². The predicted octanol–water partition coefficient (Wildman–Crippen LogP) is 4.71. The van der Waals surface area contributed by atoms with E-state index in [1.807, 2.05) is 37.3 Å². The Hall–Kier alpha value is -1.71. The second-order valence-electron chi connectivity index (χ2n) is 4.65. The molecule has 0 bridgehead atoms. The number of aryl methyl sites for hydroxylation is 1. The van der Waals surface area contributed by atoms with E-state index in [2.05, 4.69) is 5.32 Å². The fraction of sp³-hybridized carbons (Fsp3) is 0.188. The smallest absolute Gasteiger partial charge is 0.265 e. The van der Waals surface area contributed by atoms with Crippen LogP contribution >= 0.6 is 23.2 Å². The molecule has 2 aromatic rings. The number of ether oxygens (including phenoxy) is 1. The van der Waals surface area contributed by atoms with Crippen molar-refractivity contribution in [1.82, 2.24) is 0 Å². The van der Waals surface area contributed by atoms with Gasteiger partial charge in [-0.1, -0.05) is 41.4 Å². The molecule has 21 heavy (non-hydrogen) atoms. The van der Waals surface area contributed by atoms with Crippen LogP contribution in [0.1, 0.15) is 12.5 Å². The van der Waals surface area contributed by atoms with Gasteiger partial charge in [-0.25, -0.2) is 0 Å². The molecule has 5 heteroatoms. The lowest BCUT2D eigenvalue weighted by molar-refractivity contribution is -0.122. The molecule has 0 aromatic heterocycles. The molecule has 1 amide bonds. The van der Waals surface area contributed by atoms with Gasteiger partial charge in [-0.15, -0.1) is 0 Å². The molecule has 0 spiro atoms. The molecule has 0 fully saturated rings. The minimum atomic E-state index is -0.678. The molecular formula is C16H15Cl2NO2. The number of hydrogen-bond donors (Lipinski definition) is 1. The Bertz CT molecular complexity index is 644. The fourth-order valence-corrected chi connectivity index (χ4v) is 2.16. The van der Waals surface area contributed by atoms with Crippen molar-refractivity contribution < 1.29 is 9.53 Å². The quantitative estimate of drug-likeness (QED) is 0.885. The number of nitrogens with one attached hydrogen (secondary N) is 1. The minimum absolute atomic E-state index is 0.245. The van der Waals surface area contributed by atoms with Gasteiger partial charge in [0.1, 0.15) is 5.75 Å². The summed E-state index contributed by atoms with van der Waals surface area (Å²) in [6.45, 7) is 3.51. The van der Waals surface area contributed by atoms with E-state index >= 15 is 0 Å². The highest BCUT2D eigenvalue weighted by molar-refractivity contribution is 6.36. The number of rotatable bonds is 4. The average Bonchev–Trinajstić information content (AvgIpc) is 2.45. The largest absolute Gasteiger partial charge is 0.479 e. The van der Waals surface area contributed by atoms with E-state index in [0.717, 1.165) is 11.3 Å². The van der Waals surface area contributed by atoms with Gasteiger partial charge in [0.05, 0.1) is 5.02 Å². The van der Waals surface area contributed by atoms with Crippen molar-refractivity contribution in [3.05, 3.63) is 58.1 Å². The maximum atomic E-state index is 12.1. The molecule has 0 aliphatic rings. The third-order valence-electron chi connectivity index (χ3n) is 2.93. The Kier molecular flexibility index (Phi) is 5.10. The van der Waals surface area contributed by atoms with Crippen molar-refractivity contribution in [1.29, 1.82) is 0 Å². The SMILES string of the molecule is Cc1cc(OC(C)C(=O)Nc2ccccc2)c(Cl)cc1Cl. The first-order chi connectivity index (χ1) is 9.97. The summed E-state index contributed by atoms with van der Waals surface area (Å²) in [4.78, 5) is 12.1. The van der Waals surface area contributed by atoms with E-state index in [1.165, 1.54) is 0 Å². The summed E-state index contributed by atoms with van der Waals surface area (Å²) in [7, 11) is 0. The van der Waals surface area contributed by atoms with E-state index in [-0.39, 0.29) is 5.91 Å². The standard InChI is InChI=1S/C16H15Cl2NO2/c1-10-8-15(14(18)9-13(10)17)21-11(2)16(20)19-12-6-4-3-5-7-12/h3-9,11H,1-2H3,(H,19,20). The van der Waals surface area contributed by atoms with E-state index < -0.39 is 6.10 Å². The number of hydrogen-bond acceptors (Lipinski definition) is 2. The van der Waals surface area contributed by atoms with Crippen LogP contribution in [0.2, 0.25) is 10.0 Å². The number of para-hydroxylation sites is 1. The maximum absolute atomic E-state index is 12.1. The zero-order chi connectivity index (χ0) is 15.4. The molecule has 2 aromatic carbocycles. The molecule has 1 N–H and O–H groups in total. The Morgan fingerprint density at radius 3 is 2.48 bits per heavy atom. The van der Waals surface area contributed by atoms with Gasteiger partial charge in [0.15, 0.2) is 6.10 Å². The molecule has 0 aliphatic carbocycles. The molecule has 1 unspecified atom stereocenters. The second-order valence-corrected chi connectivity index (χ2v) is 5.46. The van der Waals surface area contributed by atoms with Crippen molar-refractivity contribution in [2.24, 2.45) is 0 Å². The lowest BCUT2D eigenvalue weighted by atomic mass is 10.2. The highest BCUT2D eigenvalue weighted by atomic mass is 35.5. The number of halogens is 2. The fourth-order valence-electron chi connectivity index (χ4n) is 1.73. The highest BCUT2D eigenvalue weighted by Crippen LogP contribution is 2.31. The van der Waals surface area contributed by atoms with Crippen LogP contribution in [-0.4, -0.2) is 12.0 Å². The molecule has 0 saturated heterocycles. The van der Waals surface area contributed by atoms with Gasteiger partial charge in [0, 0.05) is 10.7 Å². The van der Waals surface area contributed by atoms with Gasteiger partial charge in [-0.2, -0.15) is 0 Å². The van der Waals surface area contributed by atoms with E-state index in [4.69, 9.17) is 27.9 Å². The summed E-state index contributed by atoms with van der Waals surface area (Å²) >= 11 is 12.0. The third-order valence-corrected chi connectivity index (χ3v) is 3.63. The van der Waals surface area contributed by atoms with Crippen LogP contribution in [0, 0.1) is 6.92 Å². The van der Waals surface area contributed by atoms with Crippen LogP contribution in [0.4, 0.5) is 5.69 Å². The second kappa shape index (κ2) is 6.83. The summed E-state index contributed by atoms with van der Waals surface area (Å²) in [5.41, 5.74) is 1.56. The van der Waals surface area contributed by atoms with Gasteiger partial charge < -0.3 is 10.1 Å². The molecule has 1 atom stereocenters. The zero-order valence-corrected chi connectivity index (χ0v) is 13.2. The van der Waals surface area contributed by atoms with Gasteiger partial charge in [-0.05, 0) is 43.7 Å². The summed E-state index contributed by atoms with van der Waals surface area (Å²) < 4.78 is 5.61. The molecule has 110 valence electrons. The lowest BCUT2D eigenvalue weighted by Gasteiger charge is -2.16. The summed E-state index contributed by atoms with van der Waals surface area (Å²) in [6, 6.07) is 12.5. The molecular weight excluding hydrogens is 309 g/mol. The Morgan fingerprint density at radius 1 is 1.14 bits per heavy atom. The van der Waals surface area contributed by atoms with Crippen LogP contribution in [0.25, 0.3) is 0 Å².